The predicted octanol–water partition coefficient (Wildman–Crippen LogP) is 1.98. The predicted molar refractivity (Wildman–Crippen MR) is 76.9 cm³/mol. The molecule has 4 nitrogen and oxygen atoms in total. The van der Waals surface area contributed by atoms with Crippen LogP contribution >= 0.6 is 0 Å². The fraction of sp³-hybridized carbons (Fsp3) is 0.400. The van der Waals surface area contributed by atoms with E-state index in [-0.39, 0.29) is 6.03 Å². The number of carbonyl (C=O) groups is 1. The summed E-state index contributed by atoms with van der Waals surface area (Å²) in [6, 6.07) is 5.88. The molecule has 19 heavy (non-hydrogen) atoms. The van der Waals surface area contributed by atoms with Crippen LogP contribution in [0.5, 0.6) is 0 Å². The Bertz CT molecular complexity index is 524. The van der Waals surface area contributed by atoms with Crippen molar-refractivity contribution in [2.24, 2.45) is 5.73 Å². The van der Waals surface area contributed by atoms with Crippen molar-refractivity contribution in [3.63, 3.8) is 0 Å². The molecule has 1 aromatic carbocycles. The summed E-state index contributed by atoms with van der Waals surface area (Å²) in [5.74, 6) is 5.83. The summed E-state index contributed by atoms with van der Waals surface area (Å²) < 4.78 is 0. The third-order valence-electron chi connectivity index (χ3n) is 3.26. The average Bonchev–Trinajstić information content (AvgIpc) is 2.34. The molecule has 0 aliphatic heterocycles. The van der Waals surface area contributed by atoms with Gasteiger partial charge in [0.1, 0.15) is 0 Å². The molecule has 0 atom stereocenters. The van der Waals surface area contributed by atoms with Gasteiger partial charge in [-0.2, -0.15) is 0 Å². The second-order valence-corrected chi connectivity index (χ2v) is 4.76. The van der Waals surface area contributed by atoms with Crippen LogP contribution in [0.15, 0.2) is 18.2 Å². The zero-order chi connectivity index (χ0) is 13.7. The van der Waals surface area contributed by atoms with E-state index in [1.54, 1.807) is 0 Å². The standard InChI is InChI=1S/C15H19N3O/c1-11-7-8-14(10-12(11)4-3-9-16)18-15(19)17-13-5-2-6-13/h7-8,10,13H,2,5-6,9,16H2,1H3,(H2,17,18,19). The fourth-order valence-electron chi connectivity index (χ4n) is 1.89. The van der Waals surface area contributed by atoms with E-state index >= 15 is 0 Å². The number of hydrogen-bond acceptors (Lipinski definition) is 2. The van der Waals surface area contributed by atoms with Gasteiger partial charge in [-0.05, 0) is 43.9 Å². The first-order valence-electron chi connectivity index (χ1n) is 6.56. The molecular weight excluding hydrogens is 238 g/mol. The molecule has 0 aromatic heterocycles. The summed E-state index contributed by atoms with van der Waals surface area (Å²) in [5.41, 5.74) is 8.09. The summed E-state index contributed by atoms with van der Waals surface area (Å²) >= 11 is 0. The van der Waals surface area contributed by atoms with Crippen molar-refractivity contribution in [1.29, 1.82) is 0 Å². The number of rotatable bonds is 2. The molecule has 0 unspecified atom stereocenters. The van der Waals surface area contributed by atoms with E-state index in [2.05, 4.69) is 22.5 Å². The molecule has 2 rings (SSSR count). The van der Waals surface area contributed by atoms with Gasteiger partial charge in [0, 0.05) is 17.3 Å². The van der Waals surface area contributed by atoms with Gasteiger partial charge in [0.05, 0.1) is 6.54 Å². The Hall–Kier alpha value is -1.99. The van der Waals surface area contributed by atoms with Crippen LogP contribution in [0.2, 0.25) is 0 Å². The molecule has 1 saturated carbocycles. The van der Waals surface area contributed by atoms with Gasteiger partial charge in [-0.25, -0.2) is 4.79 Å². The van der Waals surface area contributed by atoms with Crippen LogP contribution in [-0.2, 0) is 0 Å². The summed E-state index contributed by atoms with van der Waals surface area (Å²) in [5, 5.41) is 5.77. The van der Waals surface area contributed by atoms with E-state index in [9.17, 15) is 4.79 Å². The molecule has 0 saturated heterocycles. The van der Waals surface area contributed by atoms with Crippen LogP contribution in [0, 0.1) is 18.8 Å². The molecule has 4 N–H and O–H groups in total. The maximum absolute atomic E-state index is 11.7. The topological polar surface area (TPSA) is 67.2 Å². The van der Waals surface area contributed by atoms with Crippen molar-refractivity contribution in [2.45, 2.75) is 32.2 Å². The van der Waals surface area contributed by atoms with Gasteiger partial charge in [0.2, 0.25) is 0 Å². The average molecular weight is 257 g/mol. The Balaban J connectivity index is 2.01. The molecule has 2 amide bonds. The minimum atomic E-state index is -0.147. The van der Waals surface area contributed by atoms with E-state index in [0.717, 1.165) is 29.7 Å². The Labute approximate surface area is 113 Å². The first kappa shape index (κ1) is 13.4. The van der Waals surface area contributed by atoms with Crippen molar-refractivity contribution in [3.8, 4) is 11.8 Å². The van der Waals surface area contributed by atoms with Crippen LogP contribution in [0.4, 0.5) is 10.5 Å². The van der Waals surface area contributed by atoms with Gasteiger partial charge in [0.15, 0.2) is 0 Å². The Morgan fingerprint density at radius 2 is 2.26 bits per heavy atom. The first-order chi connectivity index (χ1) is 9.19. The third kappa shape index (κ3) is 3.73. The smallest absolute Gasteiger partial charge is 0.319 e. The van der Waals surface area contributed by atoms with E-state index in [4.69, 9.17) is 5.73 Å². The van der Waals surface area contributed by atoms with Crippen molar-refractivity contribution < 1.29 is 4.79 Å². The first-order valence-corrected chi connectivity index (χ1v) is 6.56. The Morgan fingerprint density at radius 3 is 2.89 bits per heavy atom. The minimum absolute atomic E-state index is 0.147. The van der Waals surface area contributed by atoms with Crippen molar-refractivity contribution in [2.75, 3.05) is 11.9 Å². The largest absolute Gasteiger partial charge is 0.335 e. The van der Waals surface area contributed by atoms with Gasteiger partial charge in [-0.1, -0.05) is 17.9 Å². The molecule has 100 valence electrons. The minimum Gasteiger partial charge on any atom is -0.335 e. The highest BCUT2D eigenvalue weighted by molar-refractivity contribution is 5.89. The number of benzene rings is 1. The molecule has 1 fully saturated rings. The van der Waals surface area contributed by atoms with E-state index in [1.807, 2.05) is 25.1 Å². The Morgan fingerprint density at radius 1 is 1.47 bits per heavy atom. The van der Waals surface area contributed by atoms with Crippen LogP contribution in [0.1, 0.15) is 30.4 Å². The molecule has 0 heterocycles. The van der Waals surface area contributed by atoms with Crippen molar-refractivity contribution in [1.82, 2.24) is 5.32 Å². The van der Waals surface area contributed by atoms with E-state index in [1.165, 1.54) is 6.42 Å². The zero-order valence-corrected chi connectivity index (χ0v) is 11.1. The zero-order valence-electron chi connectivity index (χ0n) is 11.1. The summed E-state index contributed by atoms with van der Waals surface area (Å²) in [6.07, 6.45) is 3.36. The normalized spacial score (nSPS) is 14.0. The van der Waals surface area contributed by atoms with Gasteiger partial charge >= 0.3 is 6.03 Å². The molecule has 0 radical (unpaired) electrons. The Kier molecular flexibility index (Phi) is 4.43. The maximum Gasteiger partial charge on any atom is 0.319 e. The highest BCUT2D eigenvalue weighted by Gasteiger charge is 2.19. The lowest BCUT2D eigenvalue weighted by Crippen LogP contribution is -2.41. The second-order valence-electron chi connectivity index (χ2n) is 4.76. The van der Waals surface area contributed by atoms with Crippen molar-refractivity contribution in [3.05, 3.63) is 29.3 Å². The number of nitrogens with two attached hydrogens (primary N) is 1. The number of anilines is 1. The van der Waals surface area contributed by atoms with E-state index in [0.29, 0.717) is 12.6 Å². The number of hydrogen-bond donors (Lipinski definition) is 3. The highest BCUT2D eigenvalue weighted by Crippen LogP contribution is 2.18. The monoisotopic (exact) mass is 257 g/mol. The number of aryl methyl sites for hydroxylation is 1. The number of carbonyl (C=O) groups excluding carboxylic acids is 1. The molecule has 0 bridgehead atoms. The van der Waals surface area contributed by atoms with Crippen LogP contribution in [0.25, 0.3) is 0 Å². The van der Waals surface area contributed by atoms with Crippen LogP contribution in [-0.4, -0.2) is 18.6 Å². The number of nitrogens with one attached hydrogen (secondary N) is 2. The van der Waals surface area contributed by atoms with Crippen LogP contribution < -0.4 is 16.4 Å². The third-order valence-corrected chi connectivity index (χ3v) is 3.26. The maximum atomic E-state index is 11.7. The molecule has 1 aliphatic rings. The number of amides is 2. The lowest BCUT2D eigenvalue weighted by molar-refractivity contribution is 0.240. The van der Waals surface area contributed by atoms with E-state index < -0.39 is 0 Å². The van der Waals surface area contributed by atoms with Gasteiger partial charge < -0.3 is 16.4 Å². The van der Waals surface area contributed by atoms with Gasteiger partial charge in [0.25, 0.3) is 0 Å². The summed E-state index contributed by atoms with van der Waals surface area (Å²) in [7, 11) is 0. The quantitative estimate of drug-likeness (QED) is 0.709. The molecular formula is C15H19N3O. The van der Waals surface area contributed by atoms with Gasteiger partial charge in [-0.3, -0.25) is 0 Å². The fourth-order valence-corrected chi connectivity index (χ4v) is 1.89. The van der Waals surface area contributed by atoms with Crippen molar-refractivity contribution >= 4 is 11.7 Å². The number of urea groups is 1. The lowest BCUT2D eigenvalue weighted by Gasteiger charge is -2.26. The second kappa shape index (κ2) is 6.26. The summed E-state index contributed by atoms with van der Waals surface area (Å²) in [6.45, 7) is 2.32. The van der Waals surface area contributed by atoms with Gasteiger partial charge in [-0.15, -0.1) is 0 Å². The molecule has 1 aromatic rings. The molecule has 4 heteroatoms. The molecule has 0 spiro atoms. The molecule has 1 aliphatic carbocycles. The highest BCUT2D eigenvalue weighted by atomic mass is 16.2. The van der Waals surface area contributed by atoms with Crippen LogP contribution in [0.3, 0.4) is 0 Å². The lowest BCUT2D eigenvalue weighted by atomic mass is 9.93. The SMILES string of the molecule is Cc1ccc(NC(=O)NC2CCC2)cc1C#CCN. The summed E-state index contributed by atoms with van der Waals surface area (Å²) in [4.78, 5) is 11.7.